The van der Waals surface area contributed by atoms with Crippen LogP contribution in [0.1, 0.15) is 11.3 Å². The predicted octanol–water partition coefficient (Wildman–Crippen LogP) is 2.11. The second-order valence-electron chi connectivity index (χ2n) is 3.24. The maximum absolute atomic E-state index is 13.2. The zero-order valence-corrected chi connectivity index (χ0v) is 9.10. The van der Waals surface area contributed by atoms with Crippen molar-refractivity contribution in [2.45, 2.75) is 13.1 Å². The molecule has 6 heteroatoms. The molecular weight excluding hydrogens is 232 g/mol. The van der Waals surface area contributed by atoms with E-state index in [2.05, 4.69) is 14.9 Å². The first-order valence-corrected chi connectivity index (χ1v) is 5.50. The van der Waals surface area contributed by atoms with Gasteiger partial charge in [0.2, 0.25) is 0 Å². The van der Waals surface area contributed by atoms with Crippen molar-refractivity contribution in [2.75, 3.05) is 0 Å². The van der Waals surface area contributed by atoms with Gasteiger partial charge >= 0.3 is 0 Å². The number of aromatic nitrogens is 2. The lowest BCUT2D eigenvalue weighted by Gasteiger charge is -2.04. The van der Waals surface area contributed by atoms with Crippen molar-refractivity contribution in [3.63, 3.8) is 0 Å². The van der Waals surface area contributed by atoms with Crippen LogP contribution in [-0.2, 0) is 13.1 Å². The molecular formula is C10H9F2N3S. The van der Waals surface area contributed by atoms with Crippen LogP contribution in [0.4, 0.5) is 8.78 Å². The SMILES string of the molecule is Fc1ccc(F)c(CNCc2csnn2)c1. The average molecular weight is 241 g/mol. The third-order valence-electron chi connectivity index (χ3n) is 2.03. The van der Waals surface area contributed by atoms with Crippen molar-refractivity contribution in [1.82, 2.24) is 14.9 Å². The van der Waals surface area contributed by atoms with E-state index in [1.54, 1.807) is 5.38 Å². The molecule has 1 heterocycles. The Hall–Kier alpha value is -1.40. The molecule has 0 atom stereocenters. The fourth-order valence-electron chi connectivity index (χ4n) is 1.27. The molecule has 1 aromatic carbocycles. The van der Waals surface area contributed by atoms with Crippen LogP contribution in [0.5, 0.6) is 0 Å². The monoisotopic (exact) mass is 241 g/mol. The molecule has 0 radical (unpaired) electrons. The highest BCUT2D eigenvalue weighted by Gasteiger charge is 2.03. The number of benzene rings is 1. The number of hydrogen-bond acceptors (Lipinski definition) is 4. The lowest BCUT2D eigenvalue weighted by Crippen LogP contribution is -2.14. The van der Waals surface area contributed by atoms with Crippen molar-refractivity contribution >= 4 is 11.5 Å². The third-order valence-corrected chi connectivity index (χ3v) is 2.59. The van der Waals surface area contributed by atoms with Crippen molar-refractivity contribution in [2.24, 2.45) is 0 Å². The topological polar surface area (TPSA) is 37.8 Å². The quantitative estimate of drug-likeness (QED) is 0.890. The van der Waals surface area contributed by atoms with Crippen LogP contribution >= 0.6 is 11.5 Å². The normalized spacial score (nSPS) is 10.6. The molecule has 0 saturated carbocycles. The van der Waals surface area contributed by atoms with Gasteiger partial charge < -0.3 is 5.32 Å². The summed E-state index contributed by atoms with van der Waals surface area (Å²) in [6, 6.07) is 3.40. The molecule has 0 saturated heterocycles. The molecule has 1 N–H and O–H groups in total. The molecule has 0 amide bonds. The fourth-order valence-corrected chi connectivity index (χ4v) is 1.72. The molecule has 0 unspecified atom stereocenters. The van der Waals surface area contributed by atoms with Crippen molar-refractivity contribution in [1.29, 1.82) is 0 Å². The Morgan fingerprint density at radius 1 is 1.25 bits per heavy atom. The van der Waals surface area contributed by atoms with Crippen LogP contribution in [-0.4, -0.2) is 9.59 Å². The number of nitrogens with zero attached hydrogens (tertiary/aromatic N) is 2. The zero-order valence-electron chi connectivity index (χ0n) is 8.28. The van der Waals surface area contributed by atoms with Crippen LogP contribution in [0.25, 0.3) is 0 Å². The smallest absolute Gasteiger partial charge is 0.127 e. The number of rotatable bonds is 4. The van der Waals surface area contributed by atoms with E-state index in [1.165, 1.54) is 17.6 Å². The Morgan fingerprint density at radius 3 is 2.88 bits per heavy atom. The van der Waals surface area contributed by atoms with E-state index in [1.807, 2.05) is 0 Å². The summed E-state index contributed by atoms with van der Waals surface area (Å²) in [6.45, 7) is 0.758. The highest BCUT2D eigenvalue weighted by Crippen LogP contribution is 2.09. The summed E-state index contributed by atoms with van der Waals surface area (Å²) in [5.74, 6) is -0.848. The Kier molecular flexibility index (Phi) is 3.53. The standard InChI is InChI=1S/C10H9F2N3S/c11-8-1-2-10(12)7(3-8)4-13-5-9-6-16-15-14-9/h1-3,6,13H,4-5H2. The second kappa shape index (κ2) is 5.09. The second-order valence-corrected chi connectivity index (χ2v) is 3.85. The van der Waals surface area contributed by atoms with Gasteiger partial charge in [0.1, 0.15) is 11.6 Å². The van der Waals surface area contributed by atoms with Gasteiger partial charge in [0.05, 0.1) is 5.69 Å². The van der Waals surface area contributed by atoms with Crippen molar-refractivity contribution < 1.29 is 8.78 Å². The van der Waals surface area contributed by atoms with Crippen molar-refractivity contribution in [3.8, 4) is 0 Å². The van der Waals surface area contributed by atoms with Gasteiger partial charge in [-0.05, 0) is 29.7 Å². The van der Waals surface area contributed by atoms with Crippen LogP contribution in [0, 0.1) is 11.6 Å². The van der Waals surface area contributed by atoms with Crippen molar-refractivity contribution in [3.05, 3.63) is 46.5 Å². The number of halogens is 2. The first kappa shape index (κ1) is 11.1. The lowest BCUT2D eigenvalue weighted by atomic mass is 10.2. The summed E-state index contributed by atoms with van der Waals surface area (Å²) in [6.07, 6.45) is 0. The number of nitrogens with one attached hydrogen (secondary N) is 1. The minimum absolute atomic E-state index is 0.265. The molecule has 0 aliphatic rings. The van der Waals surface area contributed by atoms with Gasteiger partial charge in [-0.3, -0.25) is 0 Å². The predicted molar refractivity (Wildman–Crippen MR) is 56.8 cm³/mol. The third kappa shape index (κ3) is 2.80. The maximum atomic E-state index is 13.2. The lowest BCUT2D eigenvalue weighted by molar-refractivity contribution is 0.567. The summed E-state index contributed by atoms with van der Waals surface area (Å²) in [4.78, 5) is 0. The summed E-state index contributed by atoms with van der Waals surface area (Å²) in [5.41, 5.74) is 1.10. The van der Waals surface area contributed by atoms with Crippen LogP contribution in [0.15, 0.2) is 23.6 Å². The minimum atomic E-state index is -0.437. The number of hydrogen-bond donors (Lipinski definition) is 1. The minimum Gasteiger partial charge on any atom is -0.307 e. The summed E-state index contributed by atoms with van der Waals surface area (Å²) in [7, 11) is 0. The largest absolute Gasteiger partial charge is 0.307 e. The summed E-state index contributed by atoms with van der Waals surface area (Å²) < 4.78 is 29.7. The molecule has 0 aliphatic heterocycles. The highest BCUT2D eigenvalue weighted by molar-refractivity contribution is 7.03. The van der Waals surface area contributed by atoms with Gasteiger partial charge in [-0.15, -0.1) is 5.10 Å². The van der Waals surface area contributed by atoms with E-state index < -0.39 is 11.6 Å². The van der Waals surface area contributed by atoms with E-state index in [0.29, 0.717) is 12.1 Å². The summed E-state index contributed by atoms with van der Waals surface area (Å²) in [5, 5.41) is 8.60. The molecule has 2 rings (SSSR count). The Labute approximate surface area is 95.3 Å². The van der Waals surface area contributed by atoms with E-state index >= 15 is 0 Å². The molecule has 16 heavy (non-hydrogen) atoms. The van der Waals surface area contributed by atoms with Gasteiger partial charge in [-0.2, -0.15) is 0 Å². The van der Waals surface area contributed by atoms with E-state index in [0.717, 1.165) is 17.8 Å². The average Bonchev–Trinajstić information content (AvgIpc) is 2.76. The summed E-state index contributed by atoms with van der Waals surface area (Å²) >= 11 is 1.26. The maximum Gasteiger partial charge on any atom is 0.127 e. The van der Waals surface area contributed by atoms with E-state index in [9.17, 15) is 8.78 Å². The van der Waals surface area contributed by atoms with Crippen LogP contribution in [0.3, 0.4) is 0 Å². The Morgan fingerprint density at radius 2 is 2.12 bits per heavy atom. The highest BCUT2D eigenvalue weighted by atomic mass is 32.1. The van der Waals surface area contributed by atoms with Gasteiger partial charge in [0.15, 0.2) is 0 Å². The van der Waals surface area contributed by atoms with Gasteiger partial charge in [0, 0.05) is 24.0 Å². The Bertz CT molecular complexity index is 459. The fraction of sp³-hybridized carbons (Fsp3) is 0.200. The van der Waals surface area contributed by atoms with Crippen LogP contribution < -0.4 is 5.32 Å². The Balaban J connectivity index is 1.92. The molecule has 1 aromatic heterocycles. The van der Waals surface area contributed by atoms with Crippen LogP contribution in [0.2, 0.25) is 0 Å². The molecule has 2 aromatic rings. The first-order chi connectivity index (χ1) is 7.75. The zero-order chi connectivity index (χ0) is 11.4. The molecule has 3 nitrogen and oxygen atoms in total. The molecule has 84 valence electrons. The van der Waals surface area contributed by atoms with Gasteiger partial charge in [-0.25, -0.2) is 8.78 Å². The van der Waals surface area contributed by atoms with E-state index in [4.69, 9.17) is 0 Å². The van der Waals surface area contributed by atoms with Gasteiger partial charge in [0.25, 0.3) is 0 Å². The van der Waals surface area contributed by atoms with Gasteiger partial charge in [-0.1, -0.05) is 4.49 Å². The first-order valence-electron chi connectivity index (χ1n) is 4.66. The molecule has 0 fully saturated rings. The molecule has 0 bridgehead atoms. The van der Waals surface area contributed by atoms with E-state index in [-0.39, 0.29) is 6.54 Å². The molecule has 0 aliphatic carbocycles. The molecule has 0 spiro atoms.